The molecule has 2 aromatic rings. The first kappa shape index (κ1) is 13.3. The van der Waals surface area contributed by atoms with E-state index in [1.54, 1.807) is 0 Å². The predicted molar refractivity (Wildman–Crippen MR) is 84.8 cm³/mol. The van der Waals surface area contributed by atoms with Crippen molar-refractivity contribution in [2.45, 2.75) is 13.0 Å². The molecule has 1 amide bonds. The molecule has 3 rings (SSSR count). The highest BCUT2D eigenvalue weighted by Crippen LogP contribution is 2.28. The molecular formula is C17H17NOS. The Balaban J connectivity index is 2.00. The fourth-order valence-corrected chi connectivity index (χ4v) is 3.69. The Hall–Kier alpha value is -1.74. The Kier molecular flexibility index (Phi) is 3.79. The van der Waals surface area contributed by atoms with Crippen molar-refractivity contribution in [1.82, 2.24) is 4.90 Å². The van der Waals surface area contributed by atoms with Crippen molar-refractivity contribution >= 4 is 17.7 Å². The summed E-state index contributed by atoms with van der Waals surface area (Å²) in [6.45, 7) is 2.11. The van der Waals surface area contributed by atoms with Crippen molar-refractivity contribution in [2.75, 3.05) is 11.6 Å². The number of nitrogens with zero attached hydrogens (tertiary/aromatic N) is 1. The first-order chi connectivity index (χ1) is 9.77. The summed E-state index contributed by atoms with van der Waals surface area (Å²) in [4.78, 5) is 14.7. The lowest BCUT2D eigenvalue weighted by Gasteiger charge is -2.22. The Bertz CT molecular complexity index is 611. The highest BCUT2D eigenvalue weighted by atomic mass is 32.2. The number of thioether (sulfide) groups is 1. The molecule has 0 aliphatic carbocycles. The molecule has 1 atom stereocenters. The first-order valence-corrected chi connectivity index (χ1v) is 7.96. The molecule has 0 radical (unpaired) electrons. The molecule has 1 aliphatic heterocycles. The van der Waals surface area contributed by atoms with Crippen LogP contribution >= 0.6 is 11.8 Å². The van der Waals surface area contributed by atoms with Crippen LogP contribution in [0.25, 0.3) is 11.1 Å². The zero-order valence-electron chi connectivity index (χ0n) is 11.5. The molecule has 20 heavy (non-hydrogen) atoms. The minimum absolute atomic E-state index is 0.141. The molecule has 0 N–H and O–H groups in total. The van der Waals surface area contributed by atoms with Crippen LogP contribution in [0.1, 0.15) is 17.3 Å². The van der Waals surface area contributed by atoms with E-state index in [-0.39, 0.29) is 5.91 Å². The van der Waals surface area contributed by atoms with Crippen LogP contribution in [0.5, 0.6) is 0 Å². The number of hydrogen-bond acceptors (Lipinski definition) is 2. The van der Waals surface area contributed by atoms with Gasteiger partial charge < -0.3 is 4.90 Å². The normalized spacial score (nSPS) is 18.2. The lowest BCUT2D eigenvalue weighted by atomic mass is 9.99. The monoisotopic (exact) mass is 283 g/mol. The fourth-order valence-electron chi connectivity index (χ4n) is 2.49. The van der Waals surface area contributed by atoms with Gasteiger partial charge in [-0.25, -0.2) is 0 Å². The highest BCUT2D eigenvalue weighted by Gasteiger charge is 2.27. The number of rotatable bonds is 2. The van der Waals surface area contributed by atoms with Crippen LogP contribution < -0.4 is 0 Å². The Morgan fingerprint density at radius 1 is 1.10 bits per heavy atom. The van der Waals surface area contributed by atoms with Gasteiger partial charge in [-0.3, -0.25) is 4.79 Å². The van der Waals surface area contributed by atoms with E-state index in [0.717, 1.165) is 28.3 Å². The van der Waals surface area contributed by atoms with Gasteiger partial charge in [-0.15, -0.1) is 11.8 Å². The molecule has 1 saturated heterocycles. The summed E-state index contributed by atoms with van der Waals surface area (Å²) in [7, 11) is 0. The smallest absolute Gasteiger partial charge is 0.255 e. The van der Waals surface area contributed by atoms with E-state index in [4.69, 9.17) is 0 Å². The Labute approximate surface area is 123 Å². The van der Waals surface area contributed by atoms with Gasteiger partial charge in [-0.2, -0.15) is 0 Å². The van der Waals surface area contributed by atoms with E-state index < -0.39 is 0 Å². The average molecular weight is 283 g/mol. The zero-order valence-corrected chi connectivity index (χ0v) is 12.3. The van der Waals surface area contributed by atoms with Crippen LogP contribution in [0.4, 0.5) is 0 Å². The van der Waals surface area contributed by atoms with E-state index in [2.05, 4.69) is 6.92 Å². The SMILES string of the molecule is C[C@@H]1CSCN1C(=O)c1ccccc1-c1ccccc1. The topological polar surface area (TPSA) is 20.3 Å². The van der Waals surface area contributed by atoms with Crippen molar-refractivity contribution in [2.24, 2.45) is 0 Å². The molecule has 1 fully saturated rings. The molecule has 2 aromatic carbocycles. The lowest BCUT2D eigenvalue weighted by Crippen LogP contribution is -2.34. The minimum atomic E-state index is 0.141. The predicted octanol–water partition coefficient (Wildman–Crippen LogP) is 3.89. The molecule has 3 heteroatoms. The van der Waals surface area contributed by atoms with E-state index in [1.807, 2.05) is 71.3 Å². The minimum Gasteiger partial charge on any atom is -0.326 e. The second kappa shape index (κ2) is 5.71. The molecule has 1 aliphatic rings. The summed E-state index contributed by atoms with van der Waals surface area (Å²) >= 11 is 1.82. The summed E-state index contributed by atoms with van der Waals surface area (Å²) in [6.07, 6.45) is 0. The van der Waals surface area contributed by atoms with E-state index in [1.165, 1.54) is 0 Å². The van der Waals surface area contributed by atoms with Crippen LogP contribution in [0.3, 0.4) is 0 Å². The summed E-state index contributed by atoms with van der Waals surface area (Å²) in [6, 6.07) is 18.3. The van der Waals surface area contributed by atoms with Crippen LogP contribution in [-0.2, 0) is 0 Å². The van der Waals surface area contributed by atoms with Gasteiger partial charge in [-0.05, 0) is 24.1 Å². The van der Waals surface area contributed by atoms with Crippen LogP contribution in [0.2, 0.25) is 0 Å². The lowest BCUT2D eigenvalue weighted by molar-refractivity contribution is 0.0759. The van der Waals surface area contributed by atoms with E-state index >= 15 is 0 Å². The van der Waals surface area contributed by atoms with Crippen molar-refractivity contribution in [3.05, 3.63) is 60.2 Å². The first-order valence-electron chi connectivity index (χ1n) is 6.80. The van der Waals surface area contributed by atoms with Gasteiger partial charge in [0.25, 0.3) is 5.91 Å². The van der Waals surface area contributed by atoms with E-state index in [9.17, 15) is 4.79 Å². The van der Waals surface area contributed by atoms with Gasteiger partial charge in [0, 0.05) is 17.4 Å². The second-order valence-corrected chi connectivity index (χ2v) is 6.04. The number of benzene rings is 2. The molecule has 0 unspecified atom stereocenters. The zero-order chi connectivity index (χ0) is 13.9. The molecular weight excluding hydrogens is 266 g/mol. The Morgan fingerprint density at radius 2 is 1.80 bits per heavy atom. The quantitative estimate of drug-likeness (QED) is 0.833. The molecule has 102 valence electrons. The average Bonchev–Trinajstić information content (AvgIpc) is 2.93. The van der Waals surface area contributed by atoms with Crippen molar-refractivity contribution < 1.29 is 4.79 Å². The Morgan fingerprint density at radius 3 is 2.50 bits per heavy atom. The van der Waals surface area contributed by atoms with Crippen LogP contribution in [0.15, 0.2) is 54.6 Å². The highest BCUT2D eigenvalue weighted by molar-refractivity contribution is 7.99. The van der Waals surface area contributed by atoms with Crippen LogP contribution in [0, 0.1) is 0 Å². The van der Waals surface area contributed by atoms with Crippen molar-refractivity contribution in [1.29, 1.82) is 0 Å². The maximum absolute atomic E-state index is 12.8. The number of amides is 1. The standard InChI is InChI=1S/C17H17NOS/c1-13-11-20-12-18(13)17(19)16-10-6-5-9-15(16)14-7-3-2-4-8-14/h2-10,13H,11-12H2,1H3/t13-/m1/s1. The molecule has 1 heterocycles. The molecule has 0 bridgehead atoms. The molecule has 0 aromatic heterocycles. The van der Waals surface area contributed by atoms with Gasteiger partial charge in [-0.1, -0.05) is 48.5 Å². The largest absolute Gasteiger partial charge is 0.326 e. The maximum atomic E-state index is 12.8. The van der Waals surface area contributed by atoms with Gasteiger partial charge >= 0.3 is 0 Å². The van der Waals surface area contributed by atoms with Crippen molar-refractivity contribution in [3.63, 3.8) is 0 Å². The number of carbonyl (C=O) groups is 1. The summed E-state index contributed by atoms with van der Waals surface area (Å²) in [5.41, 5.74) is 2.91. The number of hydrogen-bond donors (Lipinski definition) is 0. The van der Waals surface area contributed by atoms with Crippen LogP contribution in [-0.4, -0.2) is 28.5 Å². The summed E-state index contributed by atoms with van der Waals surface area (Å²) < 4.78 is 0. The number of carbonyl (C=O) groups excluding carboxylic acids is 1. The van der Waals surface area contributed by atoms with Gasteiger partial charge in [0.15, 0.2) is 0 Å². The third-order valence-electron chi connectivity index (χ3n) is 3.62. The molecule has 0 spiro atoms. The third-order valence-corrected chi connectivity index (χ3v) is 4.80. The maximum Gasteiger partial charge on any atom is 0.255 e. The van der Waals surface area contributed by atoms with Gasteiger partial charge in [0.2, 0.25) is 0 Å². The van der Waals surface area contributed by atoms with E-state index in [0.29, 0.717) is 6.04 Å². The van der Waals surface area contributed by atoms with Crippen molar-refractivity contribution in [3.8, 4) is 11.1 Å². The third kappa shape index (κ3) is 2.46. The summed E-state index contributed by atoms with van der Waals surface area (Å²) in [5, 5.41) is 0. The fraction of sp³-hybridized carbons (Fsp3) is 0.235. The second-order valence-electron chi connectivity index (χ2n) is 5.04. The van der Waals surface area contributed by atoms with Gasteiger partial charge in [0.1, 0.15) is 0 Å². The summed E-state index contributed by atoms with van der Waals surface area (Å²) in [5.74, 6) is 1.96. The molecule has 0 saturated carbocycles. The molecule has 2 nitrogen and oxygen atoms in total. The van der Waals surface area contributed by atoms with Gasteiger partial charge in [0.05, 0.1) is 5.88 Å².